The first-order chi connectivity index (χ1) is 29.2. The van der Waals surface area contributed by atoms with E-state index in [1.807, 2.05) is 0 Å². The second-order valence-electron chi connectivity index (χ2n) is 16.8. The largest absolute Gasteiger partial charge is 0.309 e. The molecule has 1 fully saturated rings. The van der Waals surface area contributed by atoms with Crippen LogP contribution in [0.5, 0.6) is 0 Å². The van der Waals surface area contributed by atoms with Gasteiger partial charge in [-0.05, 0) is 116 Å². The molecule has 1 atom stereocenters. The van der Waals surface area contributed by atoms with Crippen LogP contribution in [0.1, 0.15) is 67.2 Å². The zero-order chi connectivity index (χ0) is 39.3. The van der Waals surface area contributed by atoms with Crippen molar-refractivity contribution in [2.24, 2.45) is 0 Å². The van der Waals surface area contributed by atoms with Gasteiger partial charge < -0.3 is 4.90 Å². The average Bonchev–Trinajstić information content (AvgIpc) is 3.58. The molecule has 0 saturated heterocycles. The molecule has 9 aromatic rings. The van der Waals surface area contributed by atoms with E-state index in [0.717, 1.165) is 5.69 Å². The summed E-state index contributed by atoms with van der Waals surface area (Å²) in [4.78, 5) is 2.57. The molecule has 1 unspecified atom stereocenters. The minimum atomic E-state index is -0.316. The van der Waals surface area contributed by atoms with Crippen LogP contribution in [0.4, 0.5) is 17.1 Å². The molecule has 59 heavy (non-hydrogen) atoms. The first-order valence-corrected chi connectivity index (χ1v) is 21.5. The van der Waals surface area contributed by atoms with Crippen molar-refractivity contribution in [1.82, 2.24) is 0 Å². The first-order valence-electron chi connectivity index (χ1n) is 21.5. The average molecular weight is 758 g/mol. The molecule has 2 aliphatic rings. The van der Waals surface area contributed by atoms with E-state index in [0.29, 0.717) is 5.92 Å². The summed E-state index contributed by atoms with van der Waals surface area (Å²) >= 11 is 0. The summed E-state index contributed by atoms with van der Waals surface area (Å²) < 4.78 is 0. The fraction of sp³-hybridized carbons (Fsp3) is 0.138. The summed E-state index contributed by atoms with van der Waals surface area (Å²) in [5.41, 5.74) is 16.2. The Balaban J connectivity index is 1.19. The van der Waals surface area contributed by atoms with Crippen LogP contribution in [-0.4, -0.2) is 0 Å². The molecule has 11 rings (SSSR count). The fourth-order valence-electron chi connectivity index (χ4n) is 10.7. The molecule has 0 N–H and O–H groups in total. The van der Waals surface area contributed by atoms with Crippen LogP contribution in [0.3, 0.4) is 0 Å². The highest BCUT2D eigenvalue weighted by atomic mass is 15.1. The number of rotatable bonds is 7. The number of para-hydroxylation sites is 1. The third-order valence-electron chi connectivity index (χ3n) is 13.5. The molecule has 1 saturated carbocycles. The van der Waals surface area contributed by atoms with E-state index < -0.39 is 0 Å². The number of fused-ring (bicyclic) bond motifs is 5. The molecular formula is C58H47N. The van der Waals surface area contributed by atoms with E-state index in [2.05, 4.69) is 212 Å². The van der Waals surface area contributed by atoms with Crippen molar-refractivity contribution in [2.45, 2.75) is 50.4 Å². The number of hydrogen-bond acceptors (Lipinski definition) is 1. The summed E-state index contributed by atoms with van der Waals surface area (Å²) in [6.07, 6.45) is 6.49. The normalized spacial score (nSPS) is 16.2. The molecule has 0 spiro atoms. The minimum absolute atomic E-state index is 0.316. The van der Waals surface area contributed by atoms with Crippen molar-refractivity contribution < 1.29 is 0 Å². The zero-order valence-corrected chi connectivity index (χ0v) is 33.6. The van der Waals surface area contributed by atoms with Crippen molar-refractivity contribution >= 4 is 38.6 Å². The van der Waals surface area contributed by atoms with Crippen LogP contribution >= 0.6 is 0 Å². The maximum atomic E-state index is 2.57. The van der Waals surface area contributed by atoms with Gasteiger partial charge in [0.2, 0.25) is 0 Å². The highest BCUT2D eigenvalue weighted by Gasteiger charge is 2.42. The summed E-state index contributed by atoms with van der Waals surface area (Å²) in [5, 5.41) is 5.23. The zero-order valence-electron chi connectivity index (χ0n) is 33.6. The molecule has 0 heterocycles. The SMILES string of the molecule is CC1(c2ccccc2)c2ccccc2-c2c(N(c3cccc(-c4cccc5ccccc45)c3)c3ccccc3-c3cccc4cccc(C5CCCCC5)c34)cccc21. The Kier molecular flexibility index (Phi) is 8.77. The molecule has 284 valence electrons. The lowest BCUT2D eigenvalue weighted by atomic mass is 9.74. The van der Waals surface area contributed by atoms with Gasteiger partial charge in [-0.1, -0.05) is 195 Å². The molecule has 1 nitrogen and oxygen atoms in total. The smallest absolute Gasteiger partial charge is 0.0543 e. The Morgan fingerprint density at radius 3 is 1.93 bits per heavy atom. The highest BCUT2D eigenvalue weighted by molar-refractivity contribution is 6.05. The molecular weight excluding hydrogens is 711 g/mol. The van der Waals surface area contributed by atoms with Crippen LogP contribution < -0.4 is 4.90 Å². The predicted molar refractivity (Wildman–Crippen MR) is 250 cm³/mol. The first kappa shape index (κ1) is 35.5. The second kappa shape index (κ2) is 14.6. The molecule has 0 aliphatic heterocycles. The van der Waals surface area contributed by atoms with Crippen molar-refractivity contribution in [2.75, 3.05) is 4.90 Å². The topological polar surface area (TPSA) is 3.24 Å². The monoisotopic (exact) mass is 757 g/mol. The number of benzene rings is 9. The maximum absolute atomic E-state index is 2.57. The van der Waals surface area contributed by atoms with Gasteiger partial charge >= 0.3 is 0 Å². The maximum Gasteiger partial charge on any atom is 0.0543 e. The summed E-state index contributed by atoms with van der Waals surface area (Å²) in [6, 6.07) is 74.9. The van der Waals surface area contributed by atoms with Gasteiger partial charge in [-0.15, -0.1) is 0 Å². The summed E-state index contributed by atoms with van der Waals surface area (Å²) in [7, 11) is 0. The van der Waals surface area contributed by atoms with E-state index in [1.54, 1.807) is 0 Å². The number of hydrogen-bond donors (Lipinski definition) is 0. The Bertz CT molecular complexity index is 3000. The number of nitrogens with zero attached hydrogens (tertiary/aromatic N) is 1. The third kappa shape index (κ3) is 5.83. The Hall–Kier alpha value is -6.70. The van der Waals surface area contributed by atoms with E-state index >= 15 is 0 Å². The molecule has 0 radical (unpaired) electrons. The highest BCUT2D eigenvalue weighted by Crippen LogP contribution is 2.57. The van der Waals surface area contributed by atoms with E-state index in [-0.39, 0.29) is 5.41 Å². The van der Waals surface area contributed by atoms with Crippen LogP contribution in [0.25, 0.3) is 54.9 Å². The Morgan fingerprint density at radius 1 is 0.458 bits per heavy atom. The predicted octanol–water partition coefficient (Wildman–Crippen LogP) is 16.2. The molecule has 0 aromatic heterocycles. The fourth-order valence-corrected chi connectivity index (χ4v) is 10.7. The van der Waals surface area contributed by atoms with E-state index in [1.165, 1.54) is 121 Å². The van der Waals surface area contributed by atoms with Crippen molar-refractivity contribution in [1.29, 1.82) is 0 Å². The lowest BCUT2D eigenvalue weighted by molar-refractivity contribution is 0.445. The van der Waals surface area contributed by atoms with Crippen LogP contribution in [0.15, 0.2) is 200 Å². The molecule has 2 aliphatic carbocycles. The number of anilines is 3. The van der Waals surface area contributed by atoms with E-state index in [9.17, 15) is 0 Å². The Labute approximate surface area is 348 Å². The van der Waals surface area contributed by atoms with Crippen LogP contribution in [0.2, 0.25) is 0 Å². The van der Waals surface area contributed by atoms with Gasteiger partial charge in [0.15, 0.2) is 0 Å². The van der Waals surface area contributed by atoms with Crippen molar-refractivity contribution in [3.63, 3.8) is 0 Å². The van der Waals surface area contributed by atoms with Gasteiger partial charge in [-0.2, -0.15) is 0 Å². The Morgan fingerprint density at radius 2 is 1.07 bits per heavy atom. The minimum Gasteiger partial charge on any atom is -0.309 e. The second-order valence-corrected chi connectivity index (χ2v) is 16.8. The van der Waals surface area contributed by atoms with Gasteiger partial charge in [0.25, 0.3) is 0 Å². The van der Waals surface area contributed by atoms with Crippen molar-refractivity contribution in [3.05, 3.63) is 222 Å². The lowest BCUT2D eigenvalue weighted by Gasteiger charge is -2.32. The van der Waals surface area contributed by atoms with Gasteiger partial charge in [0, 0.05) is 22.2 Å². The summed E-state index contributed by atoms with van der Waals surface area (Å²) in [6.45, 7) is 2.42. The van der Waals surface area contributed by atoms with Crippen molar-refractivity contribution in [3.8, 4) is 33.4 Å². The molecule has 9 aromatic carbocycles. The van der Waals surface area contributed by atoms with E-state index in [4.69, 9.17) is 0 Å². The lowest BCUT2D eigenvalue weighted by Crippen LogP contribution is -2.22. The van der Waals surface area contributed by atoms with Gasteiger partial charge in [0.05, 0.1) is 11.4 Å². The molecule has 0 bridgehead atoms. The third-order valence-corrected chi connectivity index (χ3v) is 13.5. The quantitative estimate of drug-likeness (QED) is 0.156. The van der Waals surface area contributed by atoms with Gasteiger partial charge in [-0.3, -0.25) is 0 Å². The molecule has 1 heteroatoms. The van der Waals surface area contributed by atoms with Gasteiger partial charge in [-0.25, -0.2) is 0 Å². The molecule has 0 amide bonds. The summed E-state index contributed by atoms with van der Waals surface area (Å²) in [5.74, 6) is 0.582. The van der Waals surface area contributed by atoms with Gasteiger partial charge in [0.1, 0.15) is 0 Å². The van der Waals surface area contributed by atoms with Crippen LogP contribution in [-0.2, 0) is 5.41 Å². The van der Waals surface area contributed by atoms with Crippen LogP contribution in [0, 0.1) is 0 Å². The standard InChI is InChI=1S/C58H47N/c1-58(44-26-6-3-7-27-44)52-35-12-10-31-51(52)57-53(58)36-18-38-55(57)59(45-28-14-25-43(39-45)47-32-15-22-40-21-8-9-29-46(40)47)54-37-13-11-30-49(54)50-34-17-24-42-23-16-33-48(56(42)50)41-19-4-2-5-20-41/h3,6-18,21-39,41H,2,4-5,19-20H2,1H3.